The van der Waals surface area contributed by atoms with E-state index < -0.39 is 5.91 Å². The van der Waals surface area contributed by atoms with Crippen molar-refractivity contribution in [2.45, 2.75) is 13.3 Å². The average Bonchev–Trinajstić information content (AvgIpc) is 2.81. The van der Waals surface area contributed by atoms with Crippen molar-refractivity contribution in [3.05, 3.63) is 48.0 Å². The lowest BCUT2D eigenvalue weighted by atomic mass is 10.1. The van der Waals surface area contributed by atoms with Gasteiger partial charge >= 0.3 is 0 Å². The standard InChI is InChI=1S/C23H29N3O6/c1-5-13-26(23(29)22-18(31-3)7-6-8-19(22)32-4)15-21(28)24-14-20(27)25-16-9-11-17(30-2)12-10-16/h6-12H,5,13-15H2,1-4H3,(H,24,28)(H,25,27). The predicted octanol–water partition coefficient (Wildman–Crippen LogP) is 2.32. The van der Waals surface area contributed by atoms with Crippen LogP contribution in [-0.4, -0.2) is 63.6 Å². The van der Waals surface area contributed by atoms with Crippen molar-refractivity contribution in [1.82, 2.24) is 10.2 Å². The molecule has 0 bridgehead atoms. The van der Waals surface area contributed by atoms with E-state index in [1.807, 2.05) is 6.92 Å². The van der Waals surface area contributed by atoms with Gasteiger partial charge in [0.15, 0.2) is 0 Å². The van der Waals surface area contributed by atoms with Crippen LogP contribution in [0.1, 0.15) is 23.7 Å². The molecular formula is C23H29N3O6. The number of carbonyl (C=O) groups excluding carboxylic acids is 3. The van der Waals surface area contributed by atoms with Crippen molar-refractivity contribution in [1.29, 1.82) is 0 Å². The summed E-state index contributed by atoms with van der Waals surface area (Å²) < 4.78 is 15.7. The number of nitrogens with one attached hydrogen (secondary N) is 2. The maximum atomic E-state index is 13.2. The van der Waals surface area contributed by atoms with Crippen LogP contribution in [0.2, 0.25) is 0 Å². The van der Waals surface area contributed by atoms with Gasteiger partial charge in [-0.15, -0.1) is 0 Å². The van der Waals surface area contributed by atoms with Crippen LogP contribution >= 0.6 is 0 Å². The molecule has 172 valence electrons. The van der Waals surface area contributed by atoms with Gasteiger partial charge in [0.1, 0.15) is 22.8 Å². The number of hydrogen-bond acceptors (Lipinski definition) is 6. The first-order chi connectivity index (χ1) is 15.4. The summed E-state index contributed by atoms with van der Waals surface area (Å²) in [5.41, 5.74) is 0.826. The Labute approximate surface area is 187 Å². The SMILES string of the molecule is CCCN(CC(=O)NCC(=O)Nc1ccc(OC)cc1)C(=O)c1c(OC)cccc1OC. The molecule has 9 heteroatoms. The zero-order valence-electron chi connectivity index (χ0n) is 18.8. The molecule has 2 aromatic rings. The quantitative estimate of drug-likeness (QED) is 0.552. The smallest absolute Gasteiger partial charge is 0.261 e. The van der Waals surface area contributed by atoms with Gasteiger partial charge in [-0.3, -0.25) is 14.4 Å². The number of anilines is 1. The Morgan fingerprint density at radius 2 is 1.50 bits per heavy atom. The highest BCUT2D eigenvalue weighted by Gasteiger charge is 2.25. The minimum Gasteiger partial charge on any atom is -0.497 e. The van der Waals surface area contributed by atoms with Gasteiger partial charge in [0.25, 0.3) is 5.91 Å². The molecule has 0 unspecified atom stereocenters. The average molecular weight is 444 g/mol. The minimum atomic E-state index is -0.453. The molecule has 2 aromatic carbocycles. The van der Waals surface area contributed by atoms with Gasteiger partial charge in [-0.05, 0) is 42.8 Å². The molecule has 0 aromatic heterocycles. The fourth-order valence-corrected chi connectivity index (χ4v) is 3.03. The molecule has 0 radical (unpaired) electrons. The third kappa shape index (κ3) is 6.63. The number of benzene rings is 2. The summed E-state index contributed by atoms with van der Waals surface area (Å²) in [6, 6.07) is 11.9. The number of rotatable bonds is 11. The van der Waals surface area contributed by atoms with E-state index in [9.17, 15) is 14.4 Å². The largest absolute Gasteiger partial charge is 0.497 e. The highest BCUT2D eigenvalue weighted by Crippen LogP contribution is 2.29. The normalized spacial score (nSPS) is 10.1. The van der Waals surface area contributed by atoms with Crippen LogP contribution in [-0.2, 0) is 9.59 Å². The van der Waals surface area contributed by atoms with Gasteiger partial charge in [-0.25, -0.2) is 0 Å². The summed E-state index contributed by atoms with van der Waals surface area (Å²) in [4.78, 5) is 39.1. The van der Waals surface area contributed by atoms with Gasteiger partial charge in [-0.2, -0.15) is 0 Å². The fraction of sp³-hybridized carbons (Fsp3) is 0.348. The third-order valence-electron chi connectivity index (χ3n) is 4.58. The summed E-state index contributed by atoms with van der Waals surface area (Å²) in [6.45, 7) is 1.83. The first-order valence-corrected chi connectivity index (χ1v) is 10.1. The van der Waals surface area contributed by atoms with Gasteiger partial charge < -0.3 is 29.7 Å². The number of ether oxygens (including phenoxy) is 3. The molecule has 0 aliphatic carbocycles. The molecule has 0 heterocycles. The molecule has 0 saturated heterocycles. The lowest BCUT2D eigenvalue weighted by molar-refractivity contribution is -0.124. The van der Waals surface area contributed by atoms with E-state index in [0.29, 0.717) is 35.9 Å². The van der Waals surface area contributed by atoms with Crippen molar-refractivity contribution < 1.29 is 28.6 Å². The van der Waals surface area contributed by atoms with E-state index in [-0.39, 0.29) is 30.5 Å². The van der Waals surface area contributed by atoms with E-state index in [4.69, 9.17) is 14.2 Å². The first kappa shape index (κ1) is 24.5. The zero-order chi connectivity index (χ0) is 23.5. The highest BCUT2D eigenvalue weighted by molar-refractivity contribution is 6.01. The van der Waals surface area contributed by atoms with E-state index in [0.717, 1.165) is 0 Å². The monoisotopic (exact) mass is 443 g/mol. The van der Waals surface area contributed by atoms with Gasteiger partial charge in [0.2, 0.25) is 11.8 Å². The Kier molecular flexibility index (Phi) is 9.34. The van der Waals surface area contributed by atoms with Crippen molar-refractivity contribution >= 4 is 23.4 Å². The van der Waals surface area contributed by atoms with Crippen molar-refractivity contribution in [3.63, 3.8) is 0 Å². The summed E-state index contributed by atoms with van der Waals surface area (Å²) in [6.07, 6.45) is 0.647. The Balaban J connectivity index is 1.99. The Bertz CT molecular complexity index is 908. The van der Waals surface area contributed by atoms with Crippen molar-refractivity contribution in [3.8, 4) is 17.2 Å². The van der Waals surface area contributed by atoms with Crippen LogP contribution < -0.4 is 24.8 Å². The van der Waals surface area contributed by atoms with Crippen LogP contribution in [0, 0.1) is 0 Å². The van der Waals surface area contributed by atoms with E-state index in [1.54, 1.807) is 49.6 Å². The second kappa shape index (κ2) is 12.2. The first-order valence-electron chi connectivity index (χ1n) is 10.1. The molecule has 0 saturated carbocycles. The summed E-state index contributed by atoms with van der Waals surface area (Å²) >= 11 is 0. The highest BCUT2D eigenvalue weighted by atomic mass is 16.5. The molecular weight excluding hydrogens is 414 g/mol. The van der Waals surface area contributed by atoms with Gasteiger partial charge in [0.05, 0.1) is 34.4 Å². The van der Waals surface area contributed by atoms with Crippen LogP contribution in [0.5, 0.6) is 17.2 Å². The second-order valence-corrected chi connectivity index (χ2v) is 6.82. The van der Waals surface area contributed by atoms with E-state index in [2.05, 4.69) is 10.6 Å². The maximum Gasteiger partial charge on any atom is 0.261 e. The van der Waals surface area contributed by atoms with E-state index in [1.165, 1.54) is 19.1 Å². The molecule has 9 nitrogen and oxygen atoms in total. The van der Waals surface area contributed by atoms with Gasteiger partial charge in [0, 0.05) is 12.2 Å². The topological polar surface area (TPSA) is 106 Å². The fourth-order valence-electron chi connectivity index (χ4n) is 3.03. The van der Waals surface area contributed by atoms with E-state index >= 15 is 0 Å². The Morgan fingerprint density at radius 3 is 2.03 bits per heavy atom. The second-order valence-electron chi connectivity index (χ2n) is 6.82. The lowest BCUT2D eigenvalue weighted by Gasteiger charge is -2.23. The van der Waals surface area contributed by atoms with Crippen LogP contribution in [0.25, 0.3) is 0 Å². The number of hydrogen-bond donors (Lipinski definition) is 2. The molecule has 0 fully saturated rings. The number of amides is 3. The molecule has 2 rings (SSSR count). The van der Waals surface area contributed by atoms with Crippen LogP contribution in [0.3, 0.4) is 0 Å². The number of carbonyl (C=O) groups is 3. The number of nitrogens with zero attached hydrogens (tertiary/aromatic N) is 1. The van der Waals surface area contributed by atoms with Crippen LogP contribution in [0.4, 0.5) is 5.69 Å². The maximum absolute atomic E-state index is 13.2. The molecule has 0 spiro atoms. The number of methoxy groups -OCH3 is 3. The zero-order valence-corrected chi connectivity index (χ0v) is 18.8. The molecule has 2 N–H and O–H groups in total. The lowest BCUT2D eigenvalue weighted by Crippen LogP contribution is -2.43. The molecule has 0 aliphatic rings. The molecule has 3 amide bonds. The molecule has 32 heavy (non-hydrogen) atoms. The molecule has 0 atom stereocenters. The Hall–Kier alpha value is -3.75. The van der Waals surface area contributed by atoms with Gasteiger partial charge in [-0.1, -0.05) is 13.0 Å². The third-order valence-corrected chi connectivity index (χ3v) is 4.58. The predicted molar refractivity (Wildman–Crippen MR) is 120 cm³/mol. The molecule has 0 aliphatic heterocycles. The summed E-state index contributed by atoms with van der Waals surface area (Å²) in [5, 5.41) is 5.23. The summed E-state index contributed by atoms with van der Waals surface area (Å²) in [7, 11) is 4.48. The van der Waals surface area contributed by atoms with Crippen molar-refractivity contribution in [2.24, 2.45) is 0 Å². The minimum absolute atomic E-state index is 0.205. The Morgan fingerprint density at radius 1 is 0.875 bits per heavy atom. The van der Waals surface area contributed by atoms with Crippen LogP contribution in [0.15, 0.2) is 42.5 Å². The summed E-state index contributed by atoms with van der Waals surface area (Å²) in [5.74, 6) is 0.154. The van der Waals surface area contributed by atoms with Crippen molar-refractivity contribution in [2.75, 3.05) is 46.3 Å².